The molecule has 0 aromatic heterocycles. The van der Waals surface area contributed by atoms with Crippen LogP contribution >= 0.6 is 0 Å². The highest BCUT2D eigenvalue weighted by Crippen LogP contribution is 2.47. The lowest BCUT2D eigenvalue weighted by Crippen LogP contribution is -2.63. The monoisotopic (exact) mass is 415 g/mol. The van der Waals surface area contributed by atoms with Crippen LogP contribution in [0.15, 0.2) is 48.5 Å². The molecule has 0 radical (unpaired) electrons. The van der Waals surface area contributed by atoms with Crippen molar-refractivity contribution in [3.8, 4) is 11.5 Å². The van der Waals surface area contributed by atoms with Gasteiger partial charge in [0.15, 0.2) is 0 Å². The summed E-state index contributed by atoms with van der Waals surface area (Å²) < 4.78 is 10.4. The van der Waals surface area contributed by atoms with Crippen LogP contribution in [0, 0.1) is 25.6 Å². The summed E-state index contributed by atoms with van der Waals surface area (Å²) in [4.78, 5) is 23.3. The van der Waals surface area contributed by atoms with E-state index >= 15 is 0 Å². The van der Waals surface area contributed by atoms with Crippen LogP contribution in [0.5, 0.6) is 11.5 Å². The van der Waals surface area contributed by atoms with Crippen LogP contribution in [0.1, 0.15) is 37.1 Å². The van der Waals surface area contributed by atoms with Gasteiger partial charge in [-0.3, -0.25) is 25.5 Å². The summed E-state index contributed by atoms with van der Waals surface area (Å²) in [6.07, 6.45) is 0. The Kier molecular flexibility index (Phi) is 5.93. The first-order chi connectivity index (χ1) is 14.2. The number of nitrogens with one attached hydrogen (secondary N) is 1. The normalized spacial score (nSPS) is 25.3. The molecular formula is C21H25N3O6. The van der Waals surface area contributed by atoms with Crippen LogP contribution in [0.25, 0.3) is 0 Å². The van der Waals surface area contributed by atoms with Crippen LogP contribution in [0.3, 0.4) is 0 Å². The van der Waals surface area contributed by atoms with Gasteiger partial charge in [0.05, 0.1) is 14.2 Å². The molecule has 1 saturated heterocycles. The molecule has 30 heavy (non-hydrogen) atoms. The average molecular weight is 415 g/mol. The lowest BCUT2D eigenvalue weighted by atomic mass is 9.66. The minimum Gasteiger partial charge on any atom is -0.497 e. The Hall–Kier alpha value is -3.20. The summed E-state index contributed by atoms with van der Waals surface area (Å²) >= 11 is 0. The van der Waals surface area contributed by atoms with Gasteiger partial charge in [0.25, 0.3) is 0 Å². The molecule has 4 atom stereocenters. The maximum Gasteiger partial charge on any atom is 0.243 e. The summed E-state index contributed by atoms with van der Waals surface area (Å²) in [5.74, 6) is 1.25. The number of ether oxygens (including phenoxy) is 2. The SMILES string of the molecule is COc1ccc([C@@H]2N[C@@H](c3ccc(OC)cc3)[C@@H]([N+](=O)[O-])C(C)(C)[C@@H]2[N+](=O)[O-])cc1. The van der Waals surface area contributed by atoms with E-state index in [9.17, 15) is 20.2 Å². The molecule has 3 rings (SSSR count). The molecule has 0 unspecified atom stereocenters. The van der Waals surface area contributed by atoms with E-state index in [1.165, 1.54) is 14.2 Å². The molecule has 9 nitrogen and oxygen atoms in total. The van der Waals surface area contributed by atoms with Crippen LogP contribution < -0.4 is 14.8 Å². The molecule has 2 aromatic carbocycles. The highest BCUT2D eigenvalue weighted by Gasteiger charge is 2.62. The zero-order valence-corrected chi connectivity index (χ0v) is 17.3. The third-order valence-electron chi connectivity index (χ3n) is 5.92. The zero-order chi connectivity index (χ0) is 22.1. The van der Waals surface area contributed by atoms with Gasteiger partial charge in [-0.05, 0) is 49.2 Å². The molecule has 0 bridgehead atoms. The number of rotatable bonds is 6. The molecule has 9 heteroatoms. The third kappa shape index (κ3) is 3.80. The summed E-state index contributed by atoms with van der Waals surface area (Å²) in [6.45, 7) is 3.20. The second-order valence-corrected chi connectivity index (χ2v) is 7.95. The summed E-state index contributed by atoms with van der Waals surface area (Å²) in [5, 5.41) is 27.4. The van der Waals surface area contributed by atoms with Crippen LogP contribution in [-0.2, 0) is 0 Å². The number of benzene rings is 2. The molecule has 0 aliphatic carbocycles. The second kappa shape index (κ2) is 8.27. The molecule has 0 spiro atoms. The number of nitrogens with zero attached hydrogens (tertiary/aromatic N) is 2. The average Bonchev–Trinajstić information content (AvgIpc) is 2.71. The second-order valence-electron chi connectivity index (χ2n) is 7.95. The van der Waals surface area contributed by atoms with Crippen molar-refractivity contribution in [3.05, 3.63) is 79.9 Å². The molecule has 1 aliphatic heterocycles. The molecule has 1 aliphatic rings. The number of hydrogen-bond acceptors (Lipinski definition) is 7. The van der Waals surface area contributed by atoms with Crippen molar-refractivity contribution in [2.45, 2.75) is 38.0 Å². The number of hydrogen-bond donors (Lipinski definition) is 1. The number of methoxy groups -OCH3 is 2. The van der Waals surface area contributed by atoms with Gasteiger partial charge >= 0.3 is 0 Å². The highest BCUT2D eigenvalue weighted by molar-refractivity contribution is 5.34. The van der Waals surface area contributed by atoms with E-state index in [-0.39, 0.29) is 0 Å². The predicted molar refractivity (Wildman–Crippen MR) is 110 cm³/mol. The van der Waals surface area contributed by atoms with Gasteiger partial charge in [-0.2, -0.15) is 0 Å². The first-order valence-corrected chi connectivity index (χ1v) is 9.51. The molecule has 0 amide bonds. The van der Waals surface area contributed by atoms with Crippen molar-refractivity contribution >= 4 is 0 Å². The van der Waals surface area contributed by atoms with Crippen molar-refractivity contribution in [2.75, 3.05) is 14.2 Å². The Morgan fingerprint density at radius 2 is 1.10 bits per heavy atom. The van der Waals surface area contributed by atoms with E-state index in [0.717, 1.165) is 0 Å². The van der Waals surface area contributed by atoms with E-state index in [0.29, 0.717) is 22.6 Å². The maximum absolute atomic E-state index is 12.1. The molecular weight excluding hydrogens is 390 g/mol. The van der Waals surface area contributed by atoms with Gasteiger partial charge in [-0.25, -0.2) is 0 Å². The van der Waals surface area contributed by atoms with Crippen molar-refractivity contribution in [1.82, 2.24) is 5.32 Å². The zero-order valence-electron chi connectivity index (χ0n) is 17.3. The minimum absolute atomic E-state index is 0.414. The molecule has 0 saturated carbocycles. The molecule has 2 aromatic rings. The lowest BCUT2D eigenvalue weighted by molar-refractivity contribution is -0.605. The standard InChI is InChI=1S/C21H25N3O6/c1-21(2)19(23(25)26)17(13-5-9-15(29-3)10-6-13)22-18(20(21)24(27)28)14-7-11-16(30-4)12-8-14/h5-12,17-20,22H,1-4H3/t17-,18-,19+,20+/m0/s1. The van der Waals surface area contributed by atoms with E-state index < -0.39 is 39.4 Å². The van der Waals surface area contributed by atoms with Gasteiger partial charge in [0.1, 0.15) is 29.0 Å². The maximum atomic E-state index is 12.1. The fourth-order valence-corrected chi connectivity index (χ4v) is 4.38. The van der Waals surface area contributed by atoms with Crippen molar-refractivity contribution in [1.29, 1.82) is 0 Å². The van der Waals surface area contributed by atoms with Crippen molar-refractivity contribution in [3.63, 3.8) is 0 Å². The quantitative estimate of drug-likeness (QED) is 0.567. The van der Waals surface area contributed by atoms with E-state index in [2.05, 4.69) is 5.32 Å². The molecule has 1 N–H and O–H groups in total. The lowest BCUT2D eigenvalue weighted by Gasteiger charge is -2.44. The fraction of sp³-hybridized carbons (Fsp3) is 0.429. The van der Waals surface area contributed by atoms with Gasteiger partial charge in [-0.15, -0.1) is 0 Å². The predicted octanol–water partition coefficient (Wildman–Crippen LogP) is 3.41. The number of piperidine rings is 1. The fourth-order valence-electron chi connectivity index (χ4n) is 4.38. The highest BCUT2D eigenvalue weighted by atomic mass is 16.6. The van der Waals surface area contributed by atoms with E-state index in [1.54, 1.807) is 62.4 Å². The van der Waals surface area contributed by atoms with E-state index in [1.807, 2.05) is 0 Å². The van der Waals surface area contributed by atoms with Crippen molar-refractivity contribution < 1.29 is 19.3 Å². The molecule has 160 valence electrons. The third-order valence-corrected chi connectivity index (χ3v) is 5.92. The Labute approximate surface area is 174 Å². The first kappa shape index (κ1) is 21.5. The number of nitro groups is 2. The largest absolute Gasteiger partial charge is 0.497 e. The van der Waals surface area contributed by atoms with Crippen molar-refractivity contribution in [2.24, 2.45) is 5.41 Å². The smallest absolute Gasteiger partial charge is 0.243 e. The Morgan fingerprint density at radius 1 is 0.767 bits per heavy atom. The molecule has 1 heterocycles. The summed E-state index contributed by atoms with van der Waals surface area (Å²) in [6, 6.07) is 10.1. The first-order valence-electron chi connectivity index (χ1n) is 9.51. The summed E-state index contributed by atoms with van der Waals surface area (Å²) in [7, 11) is 3.08. The molecule has 1 fully saturated rings. The summed E-state index contributed by atoms with van der Waals surface area (Å²) in [5.41, 5.74) is 0.115. The Morgan fingerprint density at radius 3 is 1.37 bits per heavy atom. The minimum atomic E-state index is -1.23. The van der Waals surface area contributed by atoms with Gasteiger partial charge in [-0.1, -0.05) is 24.3 Å². The Bertz CT molecular complexity index is 840. The van der Waals surface area contributed by atoms with E-state index in [4.69, 9.17) is 9.47 Å². The van der Waals surface area contributed by atoms with Gasteiger partial charge in [0, 0.05) is 9.85 Å². The van der Waals surface area contributed by atoms with Gasteiger partial charge in [0.2, 0.25) is 12.1 Å². The van der Waals surface area contributed by atoms with Crippen LogP contribution in [0.2, 0.25) is 0 Å². The Balaban J connectivity index is 2.11. The van der Waals surface area contributed by atoms with Gasteiger partial charge < -0.3 is 9.47 Å². The van der Waals surface area contributed by atoms with Crippen LogP contribution in [-0.4, -0.2) is 36.1 Å². The topological polar surface area (TPSA) is 117 Å². The van der Waals surface area contributed by atoms with Crippen LogP contribution in [0.4, 0.5) is 0 Å².